The lowest BCUT2D eigenvalue weighted by molar-refractivity contribution is 0.524. The zero-order valence-electron chi connectivity index (χ0n) is 8.77. The summed E-state index contributed by atoms with van der Waals surface area (Å²) in [6, 6.07) is 1.50. The van der Waals surface area contributed by atoms with Gasteiger partial charge in [0.15, 0.2) is 0 Å². The molecule has 1 heteroatoms. The third-order valence-corrected chi connectivity index (χ3v) is 4.41. The molecule has 0 bridgehead atoms. The molecule has 0 nitrogen and oxygen atoms in total. The molecule has 1 atom stereocenters. The van der Waals surface area contributed by atoms with Gasteiger partial charge in [0.05, 0.1) is 0 Å². The van der Waals surface area contributed by atoms with E-state index in [9.17, 15) is 0 Å². The van der Waals surface area contributed by atoms with Crippen LogP contribution in [0.2, 0.25) is 25.7 Å². The van der Waals surface area contributed by atoms with E-state index in [1.807, 2.05) is 0 Å². The Kier molecular flexibility index (Phi) is 3.57. The fourth-order valence-corrected chi connectivity index (χ4v) is 2.98. The van der Waals surface area contributed by atoms with E-state index in [2.05, 4.69) is 31.8 Å². The van der Waals surface area contributed by atoms with Gasteiger partial charge in [0.1, 0.15) is 0 Å². The van der Waals surface area contributed by atoms with E-state index in [0.717, 1.165) is 5.92 Å². The first-order chi connectivity index (χ1) is 5.58. The van der Waals surface area contributed by atoms with Crippen molar-refractivity contribution in [2.24, 2.45) is 5.92 Å². The molecule has 0 fully saturated rings. The van der Waals surface area contributed by atoms with Gasteiger partial charge >= 0.3 is 0 Å². The standard InChI is InChI=1S/C11H22Si/c1-12(2,3)10-9-11-7-5-4-6-8-11/h5,7,11H,4,6,8-10H2,1-3H3. The summed E-state index contributed by atoms with van der Waals surface area (Å²) >= 11 is 0. The van der Waals surface area contributed by atoms with Crippen LogP contribution in [0.5, 0.6) is 0 Å². The predicted octanol–water partition coefficient (Wildman–Crippen LogP) is 4.07. The summed E-state index contributed by atoms with van der Waals surface area (Å²) in [6.07, 6.45) is 10.5. The van der Waals surface area contributed by atoms with Gasteiger partial charge in [-0.2, -0.15) is 0 Å². The van der Waals surface area contributed by atoms with Gasteiger partial charge in [-0.1, -0.05) is 37.8 Å². The Bertz CT molecular complexity index is 153. The maximum atomic E-state index is 2.47. The molecule has 1 aliphatic carbocycles. The average Bonchev–Trinajstić information content (AvgIpc) is 2.02. The molecule has 0 heterocycles. The minimum Gasteiger partial charge on any atom is -0.0883 e. The highest BCUT2D eigenvalue weighted by atomic mass is 28.3. The van der Waals surface area contributed by atoms with Crippen molar-refractivity contribution in [3.63, 3.8) is 0 Å². The highest BCUT2D eigenvalue weighted by molar-refractivity contribution is 6.76. The molecule has 1 unspecified atom stereocenters. The monoisotopic (exact) mass is 182 g/mol. The van der Waals surface area contributed by atoms with E-state index in [0.29, 0.717) is 0 Å². The largest absolute Gasteiger partial charge is 0.0883 e. The van der Waals surface area contributed by atoms with Crippen molar-refractivity contribution in [2.75, 3.05) is 0 Å². The van der Waals surface area contributed by atoms with Gasteiger partial charge in [0, 0.05) is 8.07 Å². The smallest absolute Gasteiger partial charge is 0.0442 e. The maximum Gasteiger partial charge on any atom is 0.0442 e. The molecule has 12 heavy (non-hydrogen) atoms. The molecular weight excluding hydrogens is 160 g/mol. The van der Waals surface area contributed by atoms with E-state index >= 15 is 0 Å². The van der Waals surface area contributed by atoms with Crippen LogP contribution in [0.1, 0.15) is 25.7 Å². The minimum absolute atomic E-state index is 0.775. The first-order valence-corrected chi connectivity index (χ1v) is 8.95. The van der Waals surface area contributed by atoms with Gasteiger partial charge in [0.2, 0.25) is 0 Å². The van der Waals surface area contributed by atoms with Crippen LogP contribution in [0.4, 0.5) is 0 Å². The van der Waals surface area contributed by atoms with Gasteiger partial charge in [-0.05, 0) is 31.6 Å². The second kappa shape index (κ2) is 4.27. The molecule has 0 spiro atoms. The molecular formula is C11H22Si. The van der Waals surface area contributed by atoms with E-state index < -0.39 is 8.07 Å². The lowest BCUT2D eigenvalue weighted by atomic mass is 9.94. The quantitative estimate of drug-likeness (QED) is 0.456. The van der Waals surface area contributed by atoms with Crippen LogP contribution in [-0.2, 0) is 0 Å². The number of allylic oxidation sites excluding steroid dienone is 2. The minimum atomic E-state index is -0.775. The molecule has 0 radical (unpaired) electrons. The summed E-state index contributed by atoms with van der Waals surface area (Å²) in [6.45, 7) is 7.42. The summed E-state index contributed by atoms with van der Waals surface area (Å²) in [5.74, 6) is 0.922. The van der Waals surface area contributed by atoms with Crippen LogP contribution in [0, 0.1) is 5.92 Å². The Morgan fingerprint density at radius 2 is 2.08 bits per heavy atom. The molecule has 0 amide bonds. The van der Waals surface area contributed by atoms with Crippen molar-refractivity contribution >= 4 is 8.07 Å². The van der Waals surface area contributed by atoms with Crippen molar-refractivity contribution in [1.82, 2.24) is 0 Å². The predicted molar refractivity (Wildman–Crippen MR) is 59.3 cm³/mol. The molecule has 1 aliphatic rings. The van der Waals surface area contributed by atoms with Crippen molar-refractivity contribution in [3.05, 3.63) is 12.2 Å². The molecule has 0 saturated heterocycles. The van der Waals surface area contributed by atoms with Crippen LogP contribution < -0.4 is 0 Å². The van der Waals surface area contributed by atoms with E-state index in [-0.39, 0.29) is 0 Å². The van der Waals surface area contributed by atoms with Crippen molar-refractivity contribution in [2.45, 2.75) is 51.4 Å². The van der Waals surface area contributed by atoms with Gasteiger partial charge in [-0.15, -0.1) is 0 Å². The number of hydrogen-bond donors (Lipinski definition) is 0. The average molecular weight is 182 g/mol. The van der Waals surface area contributed by atoms with Crippen LogP contribution in [-0.4, -0.2) is 8.07 Å². The summed E-state index contributed by atoms with van der Waals surface area (Å²) < 4.78 is 0. The van der Waals surface area contributed by atoms with Gasteiger partial charge < -0.3 is 0 Å². The fourth-order valence-electron chi connectivity index (χ4n) is 1.74. The Morgan fingerprint density at radius 1 is 1.33 bits per heavy atom. The van der Waals surface area contributed by atoms with Crippen LogP contribution in [0.25, 0.3) is 0 Å². The molecule has 0 aromatic carbocycles. The van der Waals surface area contributed by atoms with E-state index in [1.54, 1.807) is 0 Å². The number of rotatable bonds is 3. The fraction of sp³-hybridized carbons (Fsp3) is 0.818. The molecule has 0 aromatic heterocycles. The molecule has 0 aromatic rings. The zero-order valence-corrected chi connectivity index (χ0v) is 9.77. The second-order valence-electron chi connectivity index (χ2n) is 5.22. The lowest BCUT2D eigenvalue weighted by Gasteiger charge is -2.21. The van der Waals surface area contributed by atoms with Gasteiger partial charge in [-0.25, -0.2) is 0 Å². The highest BCUT2D eigenvalue weighted by Gasteiger charge is 2.16. The highest BCUT2D eigenvalue weighted by Crippen LogP contribution is 2.24. The Labute approximate surface area is 78.1 Å². The molecule has 70 valence electrons. The van der Waals surface area contributed by atoms with Crippen molar-refractivity contribution < 1.29 is 0 Å². The number of hydrogen-bond acceptors (Lipinski definition) is 0. The van der Waals surface area contributed by atoms with Gasteiger partial charge in [-0.3, -0.25) is 0 Å². The topological polar surface area (TPSA) is 0 Å². The summed E-state index contributed by atoms with van der Waals surface area (Å²) in [7, 11) is -0.775. The third kappa shape index (κ3) is 4.10. The SMILES string of the molecule is C[Si](C)(C)CCC1C=CCCC1. The van der Waals surface area contributed by atoms with Crippen molar-refractivity contribution in [1.29, 1.82) is 0 Å². The zero-order chi connectivity index (χ0) is 9.03. The normalized spacial score (nSPS) is 24.4. The molecule has 0 aliphatic heterocycles. The molecule has 0 saturated carbocycles. The second-order valence-corrected chi connectivity index (χ2v) is 10.8. The van der Waals surface area contributed by atoms with Crippen LogP contribution >= 0.6 is 0 Å². The Balaban J connectivity index is 2.22. The van der Waals surface area contributed by atoms with Crippen LogP contribution in [0.15, 0.2) is 12.2 Å². The third-order valence-electron chi connectivity index (χ3n) is 2.62. The lowest BCUT2D eigenvalue weighted by Crippen LogP contribution is -2.20. The summed E-state index contributed by atoms with van der Waals surface area (Å²) in [5.41, 5.74) is 0. The van der Waals surface area contributed by atoms with Crippen LogP contribution in [0.3, 0.4) is 0 Å². The van der Waals surface area contributed by atoms with Crippen molar-refractivity contribution in [3.8, 4) is 0 Å². The van der Waals surface area contributed by atoms with Gasteiger partial charge in [0.25, 0.3) is 0 Å². The summed E-state index contributed by atoms with van der Waals surface area (Å²) in [4.78, 5) is 0. The van der Waals surface area contributed by atoms with E-state index in [1.165, 1.54) is 31.7 Å². The Morgan fingerprint density at radius 3 is 2.58 bits per heavy atom. The van der Waals surface area contributed by atoms with E-state index in [4.69, 9.17) is 0 Å². The summed E-state index contributed by atoms with van der Waals surface area (Å²) in [5, 5.41) is 0. The first kappa shape index (κ1) is 10.0. The Hall–Kier alpha value is -0.0431. The molecule has 0 N–H and O–H groups in total. The maximum absolute atomic E-state index is 2.47. The first-order valence-electron chi connectivity index (χ1n) is 5.24. The molecule has 1 rings (SSSR count).